The Morgan fingerprint density at radius 3 is 2.52 bits per heavy atom. The Labute approximate surface area is 345 Å². The fourth-order valence-electron chi connectivity index (χ4n) is 10.9. The van der Waals surface area contributed by atoms with Gasteiger partial charge in [0.2, 0.25) is 0 Å². The maximum atomic E-state index is 6.50. The molecule has 3 heterocycles. The molecule has 0 saturated heterocycles. The first-order chi connectivity index (χ1) is 28.7. The van der Waals surface area contributed by atoms with Gasteiger partial charge in [0.25, 0.3) is 0 Å². The Bertz CT molecular complexity index is 2710. The second-order valence-electron chi connectivity index (χ2n) is 16.8. The zero-order valence-corrected chi connectivity index (χ0v) is 33.4. The minimum Gasteiger partial charge on any atom is -0.456 e. The van der Waals surface area contributed by atoms with Gasteiger partial charge in [-0.05, 0) is 96.7 Å². The van der Waals surface area contributed by atoms with E-state index in [0.717, 1.165) is 49.9 Å². The molecule has 2 aliphatic heterocycles. The van der Waals surface area contributed by atoms with Crippen LogP contribution in [0.4, 0.5) is 5.69 Å². The van der Waals surface area contributed by atoms with E-state index < -0.39 is 0 Å². The molecule has 4 heteroatoms. The molecule has 0 fully saturated rings. The second kappa shape index (κ2) is 14.0. The molecule has 3 nitrogen and oxygen atoms in total. The summed E-state index contributed by atoms with van der Waals surface area (Å²) in [6, 6.07) is 29.0. The molecule has 6 unspecified atom stereocenters. The average molecular weight is 771 g/mol. The number of hydrogen-bond donors (Lipinski definition) is 0. The van der Waals surface area contributed by atoms with E-state index >= 15 is 0 Å². The number of allylic oxidation sites excluding steroid dienone is 14. The molecule has 8 aliphatic rings. The molecule has 6 aliphatic carbocycles. The normalized spacial score (nSPS) is 27.6. The monoisotopic (exact) mass is 770 g/mol. The van der Waals surface area contributed by atoms with Crippen LogP contribution in [0.3, 0.4) is 0 Å². The van der Waals surface area contributed by atoms with Crippen molar-refractivity contribution in [3.05, 3.63) is 215 Å². The van der Waals surface area contributed by atoms with Crippen molar-refractivity contribution in [1.29, 1.82) is 0 Å². The average Bonchev–Trinajstić information content (AvgIpc) is 3.96. The summed E-state index contributed by atoms with van der Waals surface area (Å²) in [6.45, 7) is 0. The van der Waals surface area contributed by atoms with Crippen molar-refractivity contribution in [1.82, 2.24) is 4.90 Å². The van der Waals surface area contributed by atoms with E-state index in [4.69, 9.17) is 4.42 Å². The van der Waals surface area contributed by atoms with Crippen LogP contribution in [0.5, 0.6) is 0 Å². The topological polar surface area (TPSA) is 19.6 Å². The van der Waals surface area contributed by atoms with Crippen LogP contribution in [0, 0.1) is 17.8 Å². The number of aryl methyl sites for hydroxylation is 1. The first-order valence-electron chi connectivity index (χ1n) is 21.3. The largest absolute Gasteiger partial charge is 0.456 e. The van der Waals surface area contributed by atoms with Crippen molar-refractivity contribution >= 4 is 40.1 Å². The summed E-state index contributed by atoms with van der Waals surface area (Å²) in [7, 11) is 0. The number of para-hydroxylation sites is 2. The van der Waals surface area contributed by atoms with Crippen molar-refractivity contribution in [3.8, 4) is 0 Å². The highest BCUT2D eigenvalue weighted by Gasteiger charge is 2.41. The minimum absolute atomic E-state index is 0.224. The summed E-state index contributed by atoms with van der Waals surface area (Å²) < 4.78 is 6.50. The lowest BCUT2D eigenvalue weighted by Crippen LogP contribution is -2.35. The lowest BCUT2D eigenvalue weighted by atomic mass is 9.81. The maximum Gasteiger partial charge on any atom is 0.135 e. The molecule has 0 radical (unpaired) electrons. The van der Waals surface area contributed by atoms with Gasteiger partial charge in [-0.2, -0.15) is 0 Å². The highest BCUT2D eigenvalue weighted by atomic mass is 32.2. The van der Waals surface area contributed by atoms with E-state index in [1.165, 1.54) is 66.5 Å². The second-order valence-corrected chi connectivity index (χ2v) is 18.0. The molecule has 4 aromatic rings. The molecule has 12 rings (SSSR count). The van der Waals surface area contributed by atoms with Gasteiger partial charge in [-0.1, -0.05) is 134 Å². The van der Waals surface area contributed by atoms with E-state index in [1.54, 1.807) is 0 Å². The van der Waals surface area contributed by atoms with Crippen molar-refractivity contribution in [2.24, 2.45) is 17.8 Å². The first kappa shape index (κ1) is 34.3. The SMILES string of the molecule is C1=CC(C2=CCC(N(C3=CCC(C4=CC5C(C=C4)C4=C(CCC=C4)N5c4ccccc4)C=C3)C3=Cc4oc5ccccc5c4CC3)C=C2)C2Sc3ccccc3C2=C1. The van der Waals surface area contributed by atoms with Gasteiger partial charge in [-0.15, -0.1) is 11.8 Å². The maximum absolute atomic E-state index is 6.50. The first-order valence-corrected chi connectivity index (χ1v) is 22.2. The summed E-state index contributed by atoms with van der Waals surface area (Å²) in [5, 5.41) is 1.68. The summed E-state index contributed by atoms with van der Waals surface area (Å²) in [5.41, 5.74) is 15.0. The Hall–Kier alpha value is -5.71. The number of benzene rings is 3. The smallest absolute Gasteiger partial charge is 0.135 e. The van der Waals surface area contributed by atoms with Gasteiger partial charge >= 0.3 is 0 Å². The highest BCUT2D eigenvalue weighted by Crippen LogP contribution is 2.52. The number of anilines is 1. The van der Waals surface area contributed by atoms with Crippen LogP contribution in [0.25, 0.3) is 22.6 Å². The quantitative estimate of drug-likeness (QED) is 0.194. The van der Waals surface area contributed by atoms with Gasteiger partial charge in [0.05, 0.1) is 12.1 Å². The molecular formula is C54H46N2OS. The minimum atomic E-state index is 0.224. The molecule has 0 saturated carbocycles. The lowest BCUT2D eigenvalue weighted by molar-refractivity contribution is 0.354. The van der Waals surface area contributed by atoms with Crippen LogP contribution < -0.4 is 4.90 Å². The molecule has 284 valence electrons. The van der Waals surface area contributed by atoms with Gasteiger partial charge in [0.15, 0.2) is 0 Å². The molecule has 0 amide bonds. The van der Waals surface area contributed by atoms with E-state index in [1.807, 2.05) is 11.8 Å². The number of fused-ring (bicyclic) bond motifs is 8. The van der Waals surface area contributed by atoms with Crippen LogP contribution in [0.15, 0.2) is 207 Å². The summed E-state index contributed by atoms with van der Waals surface area (Å²) in [4.78, 5) is 6.67. The van der Waals surface area contributed by atoms with E-state index in [9.17, 15) is 0 Å². The molecule has 0 bridgehead atoms. The van der Waals surface area contributed by atoms with E-state index in [0.29, 0.717) is 29.0 Å². The number of rotatable bonds is 6. The van der Waals surface area contributed by atoms with Crippen molar-refractivity contribution < 1.29 is 4.42 Å². The number of thioether (sulfide) groups is 1. The highest BCUT2D eigenvalue weighted by molar-refractivity contribution is 8.01. The van der Waals surface area contributed by atoms with Crippen LogP contribution >= 0.6 is 11.8 Å². The fraction of sp³-hybridized carbons (Fsp3) is 0.222. The van der Waals surface area contributed by atoms with Crippen LogP contribution in [0.2, 0.25) is 0 Å². The molecule has 0 spiro atoms. The zero-order valence-electron chi connectivity index (χ0n) is 32.6. The van der Waals surface area contributed by atoms with Gasteiger partial charge in [-0.3, -0.25) is 0 Å². The van der Waals surface area contributed by atoms with Gasteiger partial charge in [-0.25, -0.2) is 0 Å². The summed E-state index contributed by atoms with van der Waals surface area (Å²) in [6.07, 6.45) is 42.6. The molecule has 1 aromatic heterocycles. The third-order valence-corrected chi connectivity index (χ3v) is 15.1. The Balaban J connectivity index is 0.839. The molecule has 0 N–H and O–H groups in total. The number of hydrogen-bond acceptors (Lipinski definition) is 4. The van der Waals surface area contributed by atoms with Crippen molar-refractivity contribution in [2.45, 2.75) is 60.8 Å². The van der Waals surface area contributed by atoms with E-state index in [2.05, 4.69) is 180 Å². The number of nitrogens with zero attached hydrogens (tertiary/aromatic N) is 2. The lowest BCUT2D eigenvalue weighted by Gasteiger charge is -2.39. The summed E-state index contributed by atoms with van der Waals surface area (Å²) >= 11 is 2.03. The van der Waals surface area contributed by atoms with Crippen LogP contribution in [-0.2, 0) is 6.42 Å². The van der Waals surface area contributed by atoms with Gasteiger partial charge < -0.3 is 14.2 Å². The van der Waals surface area contributed by atoms with Crippen LogP contribution in [-0.4, -0.2) is 22.2 Å². The Kier molecular flexibility index (Phi) is 8.28. The standard InChI is InChI=1S/C54H46N2OS/c1-2-11-38(12-3-1)56-49-18-7-4-13-43(49)44-31-25-37(33-50(44)56)35-21-26-39(27-22-35)55(41-30-32-46-45-14-5-8-19-51(45)57-52(46)34-41)40-28-23-36(24-29-40)42-16-10-17-48-47-15-6-9-20-53(47)58-54(42)48/h1-6,8-17,19-21,23-28,31,33-35,40,42,44,50,54H,7,18,22,29-30,32H2. The number of furan rings is 1. The third kappa shape index (κ3) is 5.63. The zero-order chi connectivity index (χ0) is 38.2. The molecule has 3 aromatic carbocycles. The molecular weight excluding hydrogens is 725 g/mol. The third-order valence-electron chi connectivity index (χ3n) is 13.6. The van der Waals surface area contributed by atoms with Crippen molar-refractivity contribution in [2.75, 3.05) is 4.90 Å². The van der Waals surface area contributed by atoms with Gasteiger partial charge in [0.1, 0.15) is 11.3 Å². The fourth-order valence-corrected chi connectivity index (χ4v) is 12.4. The van der Waals surface area contributed by atoms with Crippen molar-refractivity contribution in [3.63, 3.8) is 0 Å². The summed E-state index contributed by atoms with van der Waals surface area (Å²) in [5.74, 6) is 2.13. The Morgan fingerprint density at radius 2 is 1.62 bits per heavy atom. The predicted octanol–water partition coefficient (Wildman–Crippen LogP) is 13.1. The predicted molar refractivity (Wildman–Crippen MR) is 241 cm³/mol. The van der Waals surface area contributed by atoms with Crippen LogP contribution in [0.1, 0.15) is 49.0 Å². The van der Waals surface area contributed by atoms with Gasteiger partial charge in [0, 0.05) is 67.7 Å². The molecule has 6 atom stereocenters. The van der Waals surface area contributed by atoms with E-state index in [-0.39, 0.29) is 6.04 Å². The molecule has 58 heavy (non-hydrogen) atoms. The Morgan fingerprint density at radius 1 is 0.741 bits per heavy atom.